The van der Waals surface area contributed by atoms with Crippen molar-refractivity contribution in [2.24, 2.45) is 17.8 Å². The molecule has 3 heterocycles. The summed E-state index contributed by atoms with van der Waals surface area (Å²) in [5, 5.41) is 15.7. The standard InChI is InChI=1S/C21H26ClN3O4S/c1-10-5-4-6-12(22)16(10)24-19(28)17-21-11(2)9-13(30-21)14(18(27)23-3)15(21)20(29)25(17)7-8-26/h4-6,11,13-15,17,26H,7-9H2,1-3H3,(H,23,27)(H,24,28)/t11?,13-,14+,15-,17?,21?/m0/s1. The number of rotatable bonds is 5. The number of carbonyl (C=O) groups is 3. The first-order valence-corrected chi connectivity index (χ1v) is 11.4. The maximum absolute atomic E-state index is 13.6. The molecule has 3 fully saturated rings. The molecule has 6 atom stereocenters. The molecule has 3 amide bonds. The molecule has 0 radical (unpaired) electrons. The number of thioether (sulfide) groups is 1. The van der Waals surface area contributed by atoms with Gasteiger partial charge in [0.2, 0.25) is 17.7 Å². The van der Waals surface area contributed by atoms with E-state index >= 15 is 0 Å². The second-order valence-corrected chi connectivity index (χ2v) is 10.3. The Kier molecular flexibility index (Phi) is 5.53. The van der Waals surface area contributed by atoms with Crippen molar-refractivity contribution in [3.8, 4) is 0 Å². The van der Waals surface area contributed by atoms with Crippen molar-refractivity contribution < 1.29 is 19.5 Å². The molecular formula is C21H26ClN3O4S. The highest BCUT2D eigenvalue weighted by Gasteiger charge is 2.75. The second kappa shape index (κ2) is 7.73. The van der Waals surface area contributed by atoms with Gasteiger partial charge in [0.05, 0.1) is 33.9 Å². The van der Waals surface area contributed by atoms with Gasteiger partial charge in [-0.1, -0.05) is 30.7 Å². The van der Waals surface area contributed by atoms with Crippen LogP contribution in [0.4, 0.5) is 5.69 Å². The Balaban J connectivity index is 1.76. The summed E-state index contributed by atoms with van der Waals surface area (Å²) in [6.45, 7) is 3.70. The highest BCUT2D eigenvalue weighted by Crippen LogP contribution is 2.68. The van der Waals surface area contributed by atoms with Crippen molar-refractivity contribution in [3.05, 3.63) is 28.8 Å². The van der Waals surface area contributed by atoms with Crippen LogP contribution in [0.25, 0.3) is 0 Å². The number of carbonyl (C=O) groups excluding carboxylic acids is 3. The number of hydrogen-bond donors (Lipinski definition) is 3. The van der Waals surface area contributed by atoms with E-state index in [1.165, 1.54) is 4.90 Å². The van der Waals surface area contributed by atoms with E-state index in [2.05, 4.69) is 17.6 Å². The Morgan fingerprint density at radius 2 is 2.10 bits per heavy atom. The molecule has 7 nitrogen and oxygen atoms in total. The Morgan fingerprint density at radius 3 is 2.73 bits per heavy atom. The van der Waals surface area contributed by atoms with Crippen LogP contribution in [0, 0.1) is 24.7 Å². The number of halogens is 1. The molecule has 1 aromatic rings. The molecule has 4 rings (SSSR count). The van der Waals surface area contributed by atoms with Crippen LogP contribution < -0.4 is 10.6 Å². The predicted octanol–water partition coefficient (Wildman–Crippen LogP) is 1.66. The maximum Gasteiger partial charge on any atom is 0.248 e. The van der Waals surface area contributed by atoms with Crippen LogP contribution in [-0.2, 0) is 14.4 Å². The average molecular weight is 452 g/mol. The number of nitrogens with zero attached hydrogens (tertiary/aromatic N) is 1. The van der Waals surface area contributed by atoms with Gasteiger partial charge < -0.3 is 20.6 Å². The van der Waals surface area contributed by atoms with E-state index in [0.29, 0.717) is 10.7 Å². The van der Waals surface area contributed by atoms with Crippen LogP contribution in [0.2, 0.25) is 5.02 Å². The minimum atomic E-state index is -0.780. The summed E-state index contributed by atoms with van der Waals surface area (Å²) >= 11 is 7.91. The molecule has 2 bridgehead atoms. The van der Waals surface area contributed by atoms with Crippen molar-refractivity contribution in [3.63, 3.8) is 0 Å². The highest BCUT2D eigenvalue weighted by atomic mass is 35.5. The van der Waals surface area contributed by atoms with Gasteiger partial charge in [0.25, 0.3) is 0 Å². The number of nitrogens with one attached hydrogen (secondary N) is 2. The van der Waals surface area contributed by atoms with E-state index < -0.39 is 22.6 Å². The fraction of sp³-hybridized carbons (Fsp3) is 0.571. The lowest BCUT2D eigenvalue weighted by Crippen LogP contribution is -2.55. The third kappa shape index (κ3) is 2.87. The molecule has 3 aliphatic heterocycles. The van der Waals surface area contributed by atoms with Gasteiger partial charge in [-0.3, -0.25) is 14.4 Å². The molecule has 0 aliphatic carbocycles. The van der Waals surface area contributed by atoms with Gasteiger partial charge >= 0.3 is 0 Å². The van der Waals surface area contributed by atoms with Gasteiger partial charge in [0, 0.05) is 18.8 Å². The minimum Gasteiger partial charge on any atom is -0.395 e. The minimum absolute atomic E-state index is 0.00234. The zero-order chi connectivity index (χ0) is 21.8. The number of para-hydroxylation sites is 1. The summed E-state index contributed by atoms with van der Waals surface area (Å²) in [5.41, 5.74) is 1.34. The zero-order valence-electron chi connectivity index (χ0n) is 17.1. The van der Waals surface area contributed by atoms with E-state index in [4.69, 9.17) is 11.6 Å². The summed E-state index contributed by atoms with van der Waals surface area (Å²) in [6.07, 6.45) is 0.772. The highest BCUT2D eigenvalue weighted by molar-refractivity contribution is 8.02. The Hall–Kier alpha value is -1.77. The molecule has 1 spiro atoms. The molecule has 162 valence electrons. The van der Waals surface area contributed by atoms with E-state index in [-0.39, 0.29) is 42.0 Å². The van der Waals surface area contributed by atoms with Crippen molar-refractivity contribution in [1.82, 2.24) is 10.2 Å². The fourth-order valence-electron chi connectivity index (χ4n) is 5.62. The first kappa shape index (κ1) is 21.5. The zero-order valence-corrected chi connectivity index (χ0v) is 18.7. The van der Waals surface area contributed by atoms with Crippen molar-refractivity contribution in [2.45, 2.75) is 36.3 Å². The summed E-state index contributed by atoms with van der Waals surface area (Å²) in [6, 6.07) is 4.59. The van der Waals surface area contributed by atoms with Crippen LogP contribution in [-0.4, -0.2) is 64.0 Å². The maximum atomic E-state index is 13.6. The number of benzene rings is 1. The Morgan fingerprint density at radius 1 is 1.37 bits per heavy atom. The number of hydrogen-bond acceptors (Lipinski definition) is 5. The first-order valence-electron chi connectivity index (χ1n) is 10.1. The summed E-state index contributed by atoms with van der Waals surface area (Å²) in [4.78, 5) is 41.2. The number of anilines is 1. The topological polar surface area (TPSA) is 98.7 Å². The number of β-amino-alcohol motifs (C(OH)–C–C–N with tert-alkyl or cyclic N) is 1. The lowest BCUT2D eigenvalue weighted by Gasteiger charge is -2.38. The Labute approximate surface area is 184 Å². The van der Waals surface area contributed by atoms with Gasteiger partial charge in [0.15, 0.2) is 0 Å². The lowest BCUT2D eigenvalue weighted by molar-refractivity contribution is -0.139. The third-order valence-electron chi connectivity index (χ3n) is 6.85. The smallest absolute Gasteiger partial charge is 0.248 e. The van der Waals surface area contributed by atoms with Gasteiger partial charge in [-0.25, -0.2) is 0 Å². The summed E-state index contributed by atoms with van der Waals surface area (Å²) in [7, 11) is 1.57. The van der Waals surface area contributed by atoms with E-state index in [1.54, 1.807) is 24.9 Å². The SMILES string of the molecule is CNC(=O)[C@@H]1[C@@H]2CC(C)C3(S2)C(C(=O)Nc2c(C)cccc2Cl)N(CCO)C(=O)[C@H]13. The number of aliphatic hydroxyl groups is 1. The summed E-state index contributed by atoms with van der Waals surface area (Å²) in [5.74, 6) is -1.68. The van der Waals surface area contributed by atoms with Crippen LogP contribution >= 0.6 is 23.4 Å². The van der Waals surface area contributed by atoms with Crippen LogP contribution in [0.1, 0.15) is 18.9 Å². The van der Waals surface area contributed by atoms with Crippen LogP contribution in [0.5, 0.6) is 0 Å². The average Bonchev–Trinajstić information content (AvgIpc) is 3.29. The molecule has 9 heteroatoms. The number of amides is 3. The monoisotopic (exact) mass is 451 g/mol. The number of aryl methyl sites for hydroxylation is 1. The van der Waals surface area contributed by atoms with E-state index in [0.717, 1.165) is 12.0 Å². The van der Waals surface area contributed by atoms with Gasteiger partial charge in [-0.05, 0) is 30.9 Å². The van der Waals surface area contributed by atoms with Crippen LogP contribution in [0.15, 0.2) is 18.2 Å². The van der Waals surface area contributed by atoms with Crippen LogP contribution in [0.3, 0.4) is 0 Å². The second-order valence-electron chi connectivity index (χ2n) is 8.34. The number of aliphatic hydroxyl groups excluding tert-OH is 1. The molecule has 3 unspecified atom stereocenters. The number of likely N-dealkylation sites (tertiary alicyclic amines) is 1. The van der Waals surface area contributed by atoms with Crippen molar-refractivity contribution >= 4 is 46.8 Å². The first-order chi connectivity index (χ1) is 14.3. The van der Waals surface area contributed by atoms with Crippen molar-refractivity contribution in [2.75, 3.05) is 25.5 Å². The Bertz CT molecular complexity index is 892. The molecule has 3 aliphatic rings. The molecule has 0 aromatic heterocycles. The molecule has 1 aromatic carbocycles. The molecule has 3 N–H and O–H groups in total. The van der Waals surface area contributed by atoms with Gasteiger partial charge in [-0.15, -0.1) is 11.8 Å². The largest absolute Gasteiger partial charge is 0.395 e. The lowest BCUT2D eigenvalue weighted by atomic mass is 9.66. The number of fused-ring (bicyclic) bond motifs is 1. The quantitative estimate of drug-likeness (QED) is 0.632. The van der Waals surface area contributed by atoms with E-state index in [1.807, 2.05) is 19.1 Å². The molecular weight excluding hydrogens is 426 g/mol. The van der Waals surface area contributed by atoms with Gasteiger partial charge in [0.1, 0.15) is 6.04 Å². The predicted molar refractivity (Wildman–Crippen MR) is 116 cm³/mol. The normalized spacial score (nSPS) is 34.2. The fourth-order valence-corrected chi connectivity index (χ4v) is 8.31. The van der Waals surface area contributed by atoms with Gasteiger partial charge in [-0.2, -0.15) is 0 Å². The molecule has 0 saturated carbocycles. The third-order valence-corrected chi connectivity index (χ3v) is 9.25. The molecule has 3 saturated heterocycles. The summed E-state index contributed by atoms with van der Waals surface area (Å²) < 4.78 is -0.701. The van der Waals surface area contributed by atoms with Crippen molar-refractivity contribution in [1.29, 1.82) is 0 Å². The van der Waals surface area contributed by atoms with E-state index in [9.17, 15) is 19.5 Å². The molecule has 30 heavy (non-hydrogen) atoms.